The molecule has 0 aliphatic rings. The number of fused-ring (bicyclic) bond motifs is 1. The van der Waals surface area contributed by atoms with Crippen LogP contribution in [0.3, 0.4) is 0 Å². The molecule has 0 fully saturated rings. The molecule has 20 heavy (non-hydrogen) atoms. The Balaban J connectivity index is 1.98. The van der Waals surface area contributed by atoms with E-state index < -0.39 is 0 Å². The fraction of sp³-hybridized carbons (Fsp3) is 0.0667. The molecular weight excluding hydrogens is 254 g/mol. The Bertz CT molecular complexity index is 769. The van der Waals surface area contributed by atoms with E-state index in [0.29, 0.717) is 22.5 Å². The number of carbonyl (C=O) groups is 1. The second-order valence-corrected chi connectivity index (χ2v) is 4.16. The van der Waals surface area contributed by atoms with Gasteiger partial charge in [0.2, 0.25) is 5.78 Å². The minimum atomic E-state index is -0.187. The van der Waals surface area contributed by atoms with Gasteiger partial charge in [0.05, 0.1) is 13.3 Å². The van der Waals surface area contributed by atoms with E-state index in [-0.39, 0.29) is 11.5 Å². The number of ether oxygens (including phenoxy) is 1. The molecule has 3 aromatic rings. The normalized spacial score (nSPS) is 10.4. The molecule has 0 amide bonds. The topological polar surface area (TPSA) is 65.0 Å². The van der Waals surface area contributed by atoms with Gasteiger partial charge >= 0.3 is 0 Å². The largest absolute Gasteiger partial charge is 0.497 e. The maximum absolute atomic E-state index is 12.3. The van der Waals surface area contributed by atoms with Gasteiger partial charge in [0, 0.05) is 11.8 Å². The van der Waals surface area contributed by atoms with Gasteiger partial charge < -0.3 is 4.74 Å². The van der Waals surface area contributed by atoms with Crippen LogP contribution in [0.25, 0.3) is 11.2 Å². The third-order valence-corrected chi connectivity index (χ3v) is 2.90. The first-order chi connectivity index (χ1) is 9.78. The number of aromatic nitrogens is 3. The number of benzene rings is 1. The highest BCUT2D eigenvalue weighted by Gasteiger charge is 2.12. The number of rotatable bonds is 3. The third-order valence-electron chi connectivity index (χ3n) is 2.90. The molecule has 0 radical (unpaired) electrons. The molecule has 0 bridgehead atoms. The zero-order chi connectivity index (χ0) is 13.9. The van der Waals surface area contributed by atoms with E-state index in [4.69, 9.17) is 4.74 Å². The van der Waals surface area contributed by atoms with Gasteiger partial charge in [0.1, 0.15) is 17.0 Å². The first-order valence-electron chi connectivity index (χ1n) is 6.04. The smallest absolute Gasteiger partial charge is 0.213 e. The predicted molar refractivity (Wildman–Crippen MR) is 73.8 cm³/mol. The van der Waals surface area contributed by atoms with Crippen LogP contribution in [-0.2, 0) is 0 Å². The highest BCUT2D eigenvalue weighted by Crippen LogP contribution is 2.15. The zero-order valence-corrected chi connectivity index (χ0v) is 10.8. The van der Waals surface area contributed by atoms with Crippen molar-refractivity contribution in [2.24, 2.45) is 0 Å². The Morgan fingerprint density at radius 3 is 2.65 bits per heavy atom. The second kappa shape index (κ2) is 5.05. The number of nitrogens with zero attached hydrogens (tertiary/aromatic N) is 3. The molecule has 0 atom stereocenters. The number of hydrogen-bond acceptors (Lipinski definition) is 5. The molecule has 1 aromatic carbocycles. The monoisotopic (exact) mass is 265 g/mol. The quantitative estimate of drug-likeness (QED) is 0.680. The Morgan fingerprint density at radius 1 is 1.10 bits per heavy atom. The minimum Gasteiger partial charge on any atom is -0.497 e. The SMILES string of the molecule is COc1ccc(C(=O)c2cnc3cccnc3n2)cc1. The van der Waals surface area contributed by atoms with E-state index in [1.165, 1.54) is 6.20 Å². The predicted octanol–water partition coefficient (Wildman–Crippen LogP) is 2.26. The summed E-state index contributed by atoms with van der Waals surface area (Å²) >= 11 is 0. The summed E-state index contributed by atoms with van der Waals surface area (Å²) in [5.74, 6) is 0.514. The molecule has 0 unspecified atom stereocenters. The van der Waals surface area contributed by atoms with Gasteiger partial charge in [-0.2, -0.15) is 0 Å². The number of carbonyl (C=O) groups excluding carboxylic acids is 1. The van der Waals surface area contributed by atoms with Gasteiger partial charge in [0.15, 0.2) is 5.65 Å². The Hall–Kier alpha value is -2.82. The van der Waals surface area contributed by atoms with Crippen LogP contribution in [0.2, 0.25) is 0 Å². The van der Waals surface area contributed by atoms with Gasteiger partial charge in [-0.1, -0.05) is 0 Å². The fourth-order valence-electron chi connectivity index (χ4n) is 1.85. The van der Waals surface area contributed by atoms with Crippen molar-refractivity contribution in [3.05, 3.63) is 60.0 Å². The van der Waals surface area contributed by atoms with E-state index in [0.717, 1.165) is 0 Å². The first kappa shape index (κ1) is 12.2. The molecule has 5 heteroatoms. The van der Waals surface area contributed by atoms with Crippen LogP contribution in [0.1, 0.15) is 16.1 Å². The molecule has 0 spiro atoms. The molecule has 5 nitrogen and oxygen atoms in total. The lowest BCUT2D eigenvalue weighted by Crippen LogP contribution is -2.05. The maximum atomic E-state index is 12.3. The molecule has 3 rings (SSSR count). The van der Waals surface area contributed by atoms with E-state index in [2.05, 4.69) is 15.0 Å². The lowest BCUT2D eigenvalue weighted by atomic mass is 10.1. The lowest BCUT2D eigenvalue weighted by molar-refractivity contribution is 0.103. The number of hydrogen-bond donors (Lipinski definition) is 0. The molecule has 2 heterocycles. The zero-order valence-electron chi connectivity index (χ0n) is 10.8. The Labute approximate surface area is 115 Å². The molecule has 98 valence electrons. The molecule has 0 saturated heterocycles. The van der Waals surface area contributed by atoms with Crippen LogP contribution in [0, 0.1) is 0 Å². The summed E-state index contributed by atoms with van der Waals surface area (Å²) in [6, 6.07) is 10.5. The van der Waals surface area contributed by atoms with Crippen molar-refractivity contribution >= 4 is 16.9 Å². The molecule has 2 aromatic heterocycles. The van der Waals surface area contributed by atoms with Crippen molar-refractivity contribution in [3.8, 4) is 5.75 Å². The van der Waals surface area contributed by atoms with Crippen molar-refractivity contribution < 1.29 is 9.53 Å². The average molecular weight is 265 g/mol. The van der Waals surface area contributed by atoms with Crippen LogP contribution in [0.4, 0.5) is 0 Å². The lowest BCUT2D eigenvalue weighted by Gasteiger charge is -2.03. The summed E-state index contributed by atoms with van der Waals surface area (Å²) < 4.78 is 5.06. The van der Waals surface area contributed by atoms with Crippen LogP contribution in [0.15, 0.2) is 48.8 Å². The Kier molecular flexibility index (Phi) is 3.09. The summed E-state index contributed by atoms with van der Waals surface area (Å²) in [5, 5.41) is 0. The van der Waals surface area contributed by atoms with Gasteiger partial charge in [-0.15, -0.1) is 0 Å². The summed E-state index contributed by atoms with van der Waals surface area (Å²) in [6.45, 7) is 0. The Morgan fingerprint density at radius 2 is 1.90 bits per heavy atom. The van der Waals surface area contributed by atoms with E-state index in [1.54, 1.807) is 49.7 Å². The van der Waals surface area contributed by atoms with Crippen molar-refractivity contribution in [1.29, 1.82) is 0 Å². The third kappa shape index (κ3) is 2.21. The van der Waals surface area contributed by atoms with Crippen LogP contribution in [-0.4, -0.2) is 27.8 Å². The van der Waals surface area contributed by atoms with Crippen molar-refractivity contribution in [2.45, 2.75) is 0 Å². The summed E-state index contributed by atoms with van der Waals surface area (Å²) in [6.07, 6.45) is 3.09. The molecule has 0 aliphatic carbocycles. The van der Waals surface area contributed by atoms with Crippen molar-refractivity contribution in [1.82, 2.24) is 15.0 Å². The van der Waals surface area contributed by atoms with Gasteiger partial charge in [-0.3, -0.25) is 9.78 Å². The van der Waals surface area contributed by atoms with E-state index in [9.17, 15) is 4.79 Å². The summed E-state index contributed by atoms with van der Waals surface area (Å²) in [4.78, 5) is 24.8. The van der Waals surface area contributed by atoms with Gasteiger partial charge in [-0.05, 0) is 36.4 Å². The maximum Gasteiger partial charge on any atom is 0.213 e. The number of methoxy groups -OCH3 is 1. The van der Waals surface area contributed by atoms with Crippen molar-refractivity contribution in [3.63, 3.8) is 0 Å². The molecule has 0 aliphatic heterocycles. The average Bonchev–Trinajstić information content (AvgIpc) is 2.54. The van der Waals surface area contributed by atoms with Crippen LogP contribution < -0.4 is 4.74 Å². The van der Waals surface area contributed by atoms with E-state index >= 15 is 0 Å². The second-order valence-electron chi connectivity index (χ2n) is 4.16. The van der Waals surface area contributed by atoms with Gasteiger partial charge in [-0.25, -0.2) is 9.97 Å². The summed E-state index contributed by atoms with van der Waals surface area (Å²) in [7, 11) is 1.58. The first-order valence-corrected chi connectivity index (χ1v) is 6.04. The standard InChI is InChI=1S/C15H11N3O2/c1-20-11-6-4-10(5-7-11)14(19)13-9-17-12-3-2-8-16-15(12)18-13/h2-9H,1H3. The van der Waals surface area contributed by atoms with Crippen LogP contribution in [0.5, 0.6) is 5.75 Å². The molecule has 0 N–H and O–H groups in total. The summed E-state index contributed by atoms with van der Waals surface area (Å²) in [5.41, 5.74) is 1.95. The fourth-order valence-corrected chi connectivity index (χ4v) is 1.85. The number of ketones is 1. The van der Waals surface area contributed by atoms with Crippen molar-refractivity contribution in [2.75, 3.05) is 7.11 Å². The van der Waals surface area contributed by atoms with E-state index in [1.807, 2.05) is 0 Å². The van der Waals surface area contributed by atoms with Gasteiger partial charge in [0.25, 0.3) is 0 Å². The number of pyridine rings is 1. The van der Waals surface area contributed by atoms with Crippen LogP contribution >= 0.6 is 0 Å². The minimum absolute atomic E-state index is 0.187. The highest BCUT2D eigenvalue weighted by molar-refractivity contribution is 6.08. The highest BCUT2D eigenvalue weighted by atomic mass is 16.5. The molecule has 0 saturated carbocycles. The molecular formula is C15H11N3O2.